The van der Waals surface area contributed by atoms with Gasteiger partial charge in [0, 0.05) is 38.6 Å². The Morgan fingerprint density at radius 2 is 2.13 bits per heavy atom. The lowest BCUT2D eigenvalue weighted by Gasteiger charge is -2.24. The van der Waals surface area contributed by atoms with Crippen LogP contribution in [0.1, 0.15) is 32.9 Å². The summed E-state index contributed by atoms with van der Waals surface area (Å²) < 4.78 is 10.6. The zero-order valence-corrected chi connectivity index (χ0v) is 14.3. The van der Waals surface area contributed by atoms with Crippen molar-refractivity contribution in [1.82, 2.24) is 20.2 Å². The first-order chi connectivity index (χ1) is 10.9. The van der Waals surface area contributed by atoms with E-state index < -0.39 is 5.60 Å². The number of likely N-dealkylation sites (tertiary alicyclic amines) is 1. The quantitative estimate of drug-likeness (QED) is 0.891. The molecule has 23 heavy (non-hydrogen) atoms. The van der Waals surface area contributed by atoms with Gasteiger partial charge in [0.2, 0.25) is 5.88 Å². The van der Waals surface area contributed by atoms with E-state index in [1.54, 1.807) is 24.4 Å². The number of nitrogens with one attached hydrogen (secondary N) is 1. The monoisotopic (exact) mass is 322 g/mol. The molecule has 1 N–H and O–H groups in total. The first kappa shape index (κ1) is 17.5. The van der Waals surface area contributed by atoms with E-state index >= 15 is 0 Å². The maximum atomic E-state index is 12.0. The molecule has 0 spiro atoms. The van der Waals surface area contributed by atoms with Gasteiger partial charge < -0.3 is 19.7 Å². The summed E-state index contributed by atoms with van der Waals surface area (Å²) >= 11 is 0. The zero-order valence-electron chi connectivity index (χ0n) is 14.3. The lowest BCUT2D eigenvalue weighted by Crippen LogP contribution is -2.36. The van der Waals surface area contributed by atoms with Crippen molar-refractivity contribution in [3.8, 4) is 5.88 Å². The topological polar surface area (TPSA) is 76.6 Å². The Bertz CT molecular complexity index is 530. The molecular weight excluding hydrogens is 296 g/mol. The van der Waals surface area contributed by atoms with Crippen molar-refractivity contribution < 1.29 is 14.3 Å². The van der Waals surface area contributed by atoms with E-state index in [4.69, 9.17) is 9.47 Å². The van der Waals surface area contributed by atoms with E-state index in [9.17, 15) is 4.79 Å². The predicted molar refractivity (Wildman–Crippen MR) is 86.2 cm³/mol. The molecule has 1 amide bonds. The third kappa shape index (κ3) is 5.35. The number of carbonyl (C=O) groups excluding carboxylic acids is 1. The highest BCUT2D eigenvalue weighted by Crippen LogP contribution is 2.19. The van der Waals surface area contributed by atoms with E-state index in [1.165, 1.54) is 0 Å². The first-order valence-corrected chi connectivity index (χ1v) is 7.91. The molecule has 128 valence electrons. The van der Waals surface area contributed by atoms with E-state index in [2.05, 4.69) is 15.3 Å². The van der Waals surface area contributed by atoms with Crippen LogP contribution in [0.2, 0.25) is 0 Å². The fraction of sp³-hybridized carbons (Fsp3) is 0.688. The van der Waals surface area contributed by atoms with Crippen LogP contribution in [0.15, 0.2) is 12.4 Å². The number of nitrogens with zero attached hydrogens (tertiary/aromatic N) is 3. The second kappa shape index (κ2) is 7.59. The number of methoxy groups -OCH3 is 1. The van der Waals surface area contributed by atoms with E-state index in [-0.39, 0.29) is 6.09 Å². The zero-order chi connectivity index (χ0) is 16.9. The van der Waals surface area contributed by atoms with E-state index in [0.29, 0.717) is 18.3 Å². The average Bonchev–Trinajstić information content (AvgIpc) is 2.95. The van der Waals surface area contributed by atoms with Gasteiger partial charge in [-0.15, -0.1) is 0 Å². The van der Waals surface area contributed by atoms with E-state index in [1.807, 2.05) is 20.8 Å². The van der Waals surface area contributed by atoms with Crippen molar-refractivity contribution in [2.75, 3.05) is 26.7 Å². The number of rotatable bonds is 5. The smallest absolute Gasteiger partial charge is 0.410 e. The molecular formula is C16H26N4O3. The van der Waals surface area contributed by atoms with Crippen LogP contribution in [0.5, 0.6) is 5.88 Å². The lowest BCUT2D eigenvalue weighted by atomic mass is 10.1. The number of hydrogen-bond donors (Lipinski definition) is 1. The Hall–Kier alpha value is -1.89. The summed E-state index contributed by atoms with van der Waals surface area (Å²) in [5.41, 5.74) is 0.340. The van der Waals surface area contributed by atoms with Crippen LogP contribution in [-0.2, 0) is 11.3 Å². The van der Waals surface area contributed by atoms with Gasteiger partial charge in [-0.3, -0.25) is 4.98 Å². The molecule has 1 aliphatic heterocycles. The van der Waals surface area contributed by atoms with E-state index in [0.717, 1.165) is 31.7 Å². The maximum absolute atomic E-state index is 12.0. The van der Waals surface area contributed by atoms with Gasteiger partial charge in [0.1, 0.15) is 11.3 Å². The third-order valence-corrected chi connectivity index (χ3v) is 3.59. The van der Waals surface area contributed by atoms with Crippen molar-refractivity contribution >= 4 is 6.09 Å². The molecule has 2 heterocycles. The molecule has 1 fully saturated rings. The molecule has 1 unspecified atom stereocenters. The summed E-state index contributed by atoms with van der Waals surface area (Å²) in [5, 5.41) is 3.36. The van der Waals surface area contributed by atoms with Gasteiger partial charge in [-0.2, -0.15) is 0 Å². The molecule has 1 atom stereocenters. The number of aromatic nitrogens is 2. The molecule has 0 bridgehead atoms. The summed E-state index contributed by atoms with van der Waals surface area (Å²) in [6.07, 6.45) is 4.01. The fourth-order valence-corrected chi connectivity index (χ4v) is 2.53. The lowest BCUT2D eigenvalue weighted by molar-refractivity contribution is 0.0288. The number of carbonyl (C=O) groups is 1. The van der Waals surface area contributed by atoms with Crippen molar-refractivity contribution in [2.45, 2.75) is 39.3 Å². The second-order valence-electron chi connectivity index (χ2n) is 6.72. The molecule has 0 aliphatic carbocycles. The van der Waals surface area contributed by atoms with Crippen LogP contribution >= 0.6 is 0 Å². The van der Waals surface area contributed by atoms with Crippen molar-refractivity contribution in [1.29, 1.82) is 0 Å². The van der Waals surface area contributed by atoms with Crippen molar-refractivity contribution in [3.05, 3.63) is 18.1 Å². The molecule has 1 aliphatic rings. The Balaban J connectivity index is 1.75. The number of amides is 1. The minimum atomic E-state index is -0.448. The normalized spacial score (nSPS) is 18.1. The Morgan fingerprint density at radius 1 is 1.39 bits per heavy atom. The second-order valence-corrected chi connectivity index (χ2v) is 6.72. The fourth-order valence-electron chi connectivity index (χ4n) is 2.53. The summed E-state index contributed by atoms with van der Waals surface area (Å²) in [5.74, 6) is 0.965. The summed E-state index contributed by atoms with van der Waals surface area (Å²) in [7, 11) is 1.59. The maximum Gasteiger partial charge on any atom is 0.410 e. The predicted octanol–water partition coefficient (Wildman–Crippen LogP) is 1.83. The minimum Gasteiger partial charge on any atom is -0.480 e. The highest BCUT2D eigenvalue weighted by molar-refractivity contribution is 5.68. The van der Waals surface area contributed by atoms with Crippen LogP contribution in [0.25, 0.3) is 0 Å². The summed E-state index contributed by atoms with van der Waals surface area (Å²) in [6.45, 7) is 8.53. The molecule has 7 nitrogen and oxygen atoms in total. The molecule has 0 aromatic carbocycles. The van der Waals surface area contributed by atoms with Gasteiger partial charge in [0.15, 0.2) is 0 Å². The van der Waals surface area contributed by atoms with Gasteiger partial charge in [-0.05, 0) is 33.1 Å². The van der Waals surface area contributed by atoms with Crippen LogP contribution in [0, 0.1) is 5.92 Å². The van der Waals surface area contributed by atoms with Crippen LogP contribution in [0.3, 0.4) is 0 Å². The van der Waals surface area contributed by atoms with Crippen LogP contribution in [0.4, 0.5) is 4.79 Å². The van der Waals surface area contributed by atoms with Crippen LogP contribution < -0.4 is 10.1 Å². The van der Waals surface area contributed by atoms with Gasteiger partial charge in [-0.25, -0.2) is 9.78 Å². The summed E-state index contributed by atoms with van der Waals surface area (Å²) in [4.78, 5) is 22.2. The van der Waals surface area contributed by atoms with Crippen LogP contribution in [-0.4, -0.2) is 53.3 Å². The SMILES string of the molecule is COc1nccnc1CNCC1CCN(C(=O)OC(C)(C)C)C1. The molecule has 7 heteroatoms. The minimum absolute atomic E-state index is 0.226. The highest BCUT2D eigenvalue weighted by Gasteiger charge is 2.29. The molecule has 0 saturated carbocycles. The van der Waals surface area contributed by atoms with Gasteiger partial charge in [-0.1, -0.05) is 0 Å². The molecule has 1 saturated heterocycles. The van der Waals surface area contributed by atoms with Gasteiger partial charge >= 0.3 is 6.09 Å². The highest BCUT2D eigenvalue weighted by atomic mass is 16.6. The molecule has 1 aromatic rings. The van der Waals surface area contributed by atoms with Gasteiger partial charge in [0.05, 0.1) is 7.11 Å². The Morgan fingerprint density at radius 3 is 2.83 bits per heavy atom. The molecule has 2 rings (SSSR count). The molecule has 1 aromatic heterocycles. The Kier molecular flexibility index (Phi) is 5.76. The van der Waals surface area contributed by atoms with Crippen molar-refractivity contribution in [2.24, 2.45) is 5.92 Å². The third-order valence-electron chi connectivity index (χ3n) is 3.59. The largest absolute Gasteiger partial charge is 0.480 e. The standard InChI is InChI=1S/C16H26N4O3/c1-16(2,3)23-15(21)20-8-5-12(11-20)9-17-10-13-14(22-4)19-7-6-18-13/h6-7,12,17H,5,8-11H2,1-4H3. The summed E-state index contributed by atoms with van der Waals surface area (Å²) in [6, 6.07) is 0. The Labute approximate surface area is 137 Å². The molecule has 0 radical (unpaired) electrons. The number of hydrogen-bond acceptors (Lipinski definition) is 6. The first-order valence-electron chi connectivity index (χ1n) is 7.91. The average molecular weight is 322 g/mol. The van der Waals surface area contributed by atoms with Gasteiger partial charge in [0.25, 0.3) is 0 Å². The number of ether oxygens (including phenoxy) is 2. The van der Waals surface area contributed by atoms with Crippen molar-refractivity contribution in [3.63, 3.8) is 0 Å².